The van der Waals surface area contributed by atoms with Gasteiger partial charge in [0.05, 0.1) is 12.3 Å². The molecular formula is C19H22N4O2. The van der Waals surface area contributed by atoms with E-state index >= 15 is 0 Å². The van der Waals surface area contributed by atoms with E-state index in [1.807, 2.05) is 31.2 Å². The zero-order valence-electron chi connectivity index (χ0n) is 14.3. The van der Waals surface area contributed by atoms with Crippen LogP contribution in [0.2, 0.25) is 0 Å². The topological polar surface area (TPSA) is 83.7 Å². The summed E-state index contributed by atoms with van der Waals surface area (Å²) in [5, 5.41) is 7.26. The third-order valence-electron chi connectivity index (χ3n) is 4.88. The summed E-state index contributed by atoms with van der Waals surface area (Å²) in [7, 11) is 0. The minimum atomic E-state index is -0.186. The number of fused-ring (bicyclic) bond motifs is 1. The number of rotatable bonds is 5. The minimum Gasteiger partial charge on any atom is -0.494 e. The molecule has 1 aliphatic rings. The maximum atomic E-state index is 12.4. The van der Waals surface area contributed by atoms with Crippen LogP contribution in [0.15, 0.2) is 29.1 Å². The van der Waals surface area contributed by atoms with Crippen LogP contribution in [0.4, 0.5) is 0 Å². The summed E-state index contributed by atoms with van der Waals surface area (Å²) in [5.74, 6) is 1.91. The van der Waals surface area contributed by atoms with Crippen LogP contribution in [0.3, 0.4) is 0 Å². The van der Waals surface area contributed by atoms with Gasteiger partial charge in [-0.3, -0.25) is 9.89 Å². The van der Waals surface area contributed by atoms with Gasteiger partial charge in [-0.2, -0.15) is 5.10 Å². The van der Waals surface area contributed by atoms with Gasteiger partial charge in [-0.05, 0) is 25.8 Å². The average molecular weight is 338 g/mol. The van der Waals surface area contributed by atoms with Crippen molar-refractivity contribution in [3.8, 4) is 5.75 Å². The summed E-state index contributed by atoms with van der Waals surface area (Å²) in [6, 6.07) is 7.86. The largest absolute Gasteiger partial charge is 0.494 e. The first-order valence-corrected chi connectivity index (χ1v) is 8.94. The molecule has 0 unspecified atom stereocenters. The first-order valence-electron chi connectivity index (χ1n) is 8.94. The van der Waals surface area contributed by atoms with Gasteiger partial charge in [-0.25, -0.2) is 4.98 Å². The summed E-state index contributed by atoms with van der Waals surface area (Å²) in [5.41, 5.74) is 2.97. The highest BCUT2D eigenvalue weighted by Gasteiger charge is 2.23. The number of benzene rings is 1. The van der Waals surface area contributed by atoms with Crippen molar-refractivity contribution in [2.45, 2.75) is 44.9 Å². The van der Waals surface area contributed by atoms with E-state index in [2.05, 4.69) is 15.2 Å². The van der Waals surface area contributed by atoms with E-state index in [0.717, 1.165) is 35.4 Å². The lowest BCUT2D eigenvalue weighted by molar-refractivity contribution is 0.337. The Hall–Kier alpha value is -2.63. The molecule has 0 atom stereocenters. The van der Waals surface area contributed by atoms with Crippen molar-refractivity contribution in [1.82, 2.24) is 20.2 Å². The van der Waals surface area contributed by atoms with E-state index in [-0.39, 0.29) is 5.56 Å². The van der Waals surface area contributed by atoms with Gasteiger partial charge in [0.2, 0.25) is 0 Å². The average Bonchev–Trinajstić information content (AvgIpc) is 3.26. The van der Waals surface area contributed by atoms with Crippen molar-refractivity contribution in [1.29, 1.82) is 0 Å². The van der Waals surface area contributed by atoms with E-state index in [4.69, 9.17) is 9.72 Å². The number of hydrogen-bond donors (Lipinski definition) is 2. The molecule has 130 valence electrons. The fourth-order valence-electron chi connectivity index (χ4n) is 3.68. The SMILES string of the molecule is CCOc1ccccc1Cc1nc2c(C3CCCC3)[nH]nc2c(=O)[nH]1. The first kappa shape index (κ1) is 15.9. The van der Waals surface area contributed by atoms with Gasteiger partial charge in [-0.15, -0.1) is 0 Å². The molecule has 1 aromatic carbocycles. The van der Waals surface area contributed by atoms with Gasteiger partial charge in [0.15, 0.2) is 5.52 Å². The molecule has 6 nitrogen and oxygen atoms in total. The zero-order chi connectivity index (χ0) is 17.2. The number of H-pyrrole nitrogens is 2. The van der Waals surface area contributed by atoms with Gasteiger partial charge in [0.25, 0.3) is 5.56 Å². The standard InChI is InChI=1S/C19H22N4O2/c1-2-25-14-10-6-5-9-13(14)11-15-20-17-16(12-7-3-4-8-12)22-23-18(17)19(24)21-15/h5-6,9-10,12H,2-4,7-8,11H2,1H3,(H,22,23)(H,20,21,24). The van der Waals surface area contributed by atoms with Gasteiger partial charge in [0, 0.05) is 17.9 Å². The fraction of sp³-hybridized carbons (Fsp3) is 0.421. The molecule has 1 fully saturated rings. The Morgan fingerprint density at radius 3 is 2.80 bits per heavy atom. The van der Waals surface area contributed by atoms with Crippen molar-refractivity contribution >= 4 is 11.0 Å². The molecular weight excluding hydrogens is 316 g/mol. The fourth-order valence-corrected chi connectivity index (χ4v) is 3.68. The van der Waals surface area contributed by atoms with Crippen LogP contribution in [-0.2, 0) is 6.42 Å². The van der Waals surface area contributed by atoms with Crippen molar-refractivity contribution in [2.24, 2.45) is 0 Å². The molecule has 0 aliphatic heterocycles. The molecule has 4 rings (SSSR count). The second-order valence-electron chi connectivity index (χ2n) is 6.55. The smallest absolute Gasteiger partial charge is 0.279 e. The quantitative estimate of drug-likeness (QED) is 0.748. The molecule has 2 heterocycles. The highest BCUT2D eigenvalue weighted by atomic mass is 16.5. The molecule has 3 aromatic rings. The Morgan fingerprint density at radius 2 is 2.00 bits per heavy atom. The summed E-state index contributed by atoms with van der Waals surface area (Å²) >= 11 is 0. The van der Waals surface area contributed by atoms with E-state index in [9.17, 15) is 4.79 Å². The molecule has 0 spiro atoms. The summed E-state index contributed by atoms with van der Waals surface area (Å²) < 4.78 is 5.68. The summed E-state index contributed by atoms with van der Waals surface area (Å²) in [6.07, 6.45) is 5.24. The van der Waals surface area contributed by atoms with E-state index in [1.54, 1.807) is 0 Å². The Balaban J connectivity index is 1.73. The normalized spacial score (nSPS) is 15.1. The van der Waals surface area contributed by atoms with Crippen molar-refractivity contribution in [3.05, 3.63) is 51.7 Å². The second-order valence-corrected chi connectivity index (χ2v) is 6.55. The van der Waals surface area contributed by atoms with Gasteiger partial charge >= 0.3 is 0 Å². The number of nitrogens with zero attached hydrogens (tertiary/aromatic N) is 2. The highest BCUT2D eigenvalue weighted by Crippen LogP contribution is 2.35. The molecule has 2 N–H and O–H groups in total. The van der Waals surface area contributed by atoms with Gasteiger partial charge in [0.1, 0.15) is 17.1 Å². The summed E-state index contributed by atoms with van der Waals surface area (Å²) in [6.45, 7) is 2.57. The highest BCUT2D eigenvalue weighted by molar-refractivity contribution is 5.76. The van der Waals surface area contributed by atoms with Crippen molar-refractivity contribution in [2.75, 3.05) is 6.61 Å². The van der Waals surface area contributed by atoms with Crippen molar-refractivity contribution < 1.29 is 4.74 Å². The lowest BCUT2D eigenvalue weighted by atomic mass is 10.0. The summed E-state index contributed by atoms with van der Waals surface area (Å²) in [4.78, 5) is 20.0. The number of aromatic nitrogens is 4. The lowest BCUT2D eigenvalue weighted by Crippen LogP contribution is -2.13. The Labute approximate surface area is 145 Å². The van der Waals surface area contributed by atoms with Crippen LogP contribution >= 0.6 is 0 Å². The van der Waals surface area contributed by atoms with Crippen molar-refractivity contribution in [3.63, 3.8) is 0 Å². The third-order valence-corrected chi connectivity index (χ3v) is 4.88. The van der Waals surface area contributed by atoms with Crippen LogP contribution in [0, 0.1) is 0 Å². The predicted molar refractivity (Wildman–Crippen MR) is 96.1 cm³/mol. The molecule has 1 aliphatic carbocycles. The molecule has 0 amide bonds. The van der Waals surface area contributed by atoms with E-state index in [0.29, 0.717) is 30.3 Å². The number of aromatic amines is 2. The first-order chi connectivity index (χ1) is 12.3. The lowest BCUT2D eigenvalue weighted by Gasteiger charge is -2.10. The maximum absolute atomic E-state index is 12.4. The molecule has 1 saturated carbocycles. The van der Waals surface area contributed by atoms with Crippen LogP contribution in [0.1, 0.15) is 55.6 Å². The van der Waals surface area contributed by atoms with Crippen LogP contribution < -0.4 is 10.3 Å². The molecule has 25 heavy (non-hydrogen) atoms. The molecule has 6 heteroatoms. The van der Waals surface area contributed by atoms with Crippen LogP contribution in [-0.4, -0.2) is 26.8 Å². The second kappa shape index (κ2) is 6.70. The zero-order valence-corrected chi connectivity index (χ0v) is 14.3. The number of para-hydroxylation sites is 1. The maximum Gasteiger partial charge on any atom is 0.279 e. The number of hydrogen-bond acceptors (Lipinski definition) is 4. The Bertz CT molecular complexity index is 938. The number of nitrogens with one attached hydrogen (secondary N) is 2. The van der Waals surface area contributed by atoms with E-state index < -0.39 is 0 Å². The predicted octanol–water partition coefficient (Wildman–Crippen LogP) is 3.29. The van der Waals surface area contributed by atoms with Crippen LogP contribution in [0.5, 0.6) is 5.75 Å². The van der Waals surface area contributed by atoms with Crippen LogP contribution in [0.25, 0.3) is 11.0 Å². The van der Waals surface area contributed by atoms with Gasteiger partial charge < -0.3 is 9.72 Å². The monoisotopic (exact) mass is 338 g/mol. The van der Waals surface area contributed by atoms with E-state index in [1.165, 1.54) is 12.8 Å². The molecule has 2 aromatic heterocycles. The Kier molecular flexibility index (Phi) is 4.26. The number of ether oxygens (including phenoxy) is 1. The molecule has 0 saturated heterocycles. The third kappa shape index (κ3) is 3.04. The Morgan fingerprint density at radius 1 is 1.20 bits per heavy atom. The minimum absolute atomic E-state index is 0.186. The molecule has 0 bridgehead atoms. The molecule has 0 radical (unpaired) electrons. The van der Waals surface area contributed by atoms with Gasteiger partial charge in [-0.1, -0.05) is 31.0 Å².